The number of aromatic nitrogens is 1. The number of nitrogens with zero attached hydrogens (tertiary/aromatic N) is 2. The second-order valence-corrected chi connectivity index (χ2v) is 4.36. The van der Waals surface area contributed by atoms with Crippen LogP contribution in [0.1, 0.15) is 23.7 Å². The molecule has 0 aromatic carbocycles. The number of thiazole rings is 1. The Morgan fingerprint density at radius 3 is 2.85 bits per heavy atom. The predicted molar refractivity (Wildman–Crippen MR) is 57.0 cm³/mol. The third kappa shape index (κ3) is 3.06. The minimum atomic E-state index is 0.354. The van der Waals surface area contributed by atoms with E-state index in [9.17, 15) is 0 Å². The summed E-state index contributed by atoms with van der Waals surface area (Å²) in [4.78, 5) is 6.67. The lowest BCUT2D eigenvalue weighted by molar-refractivity contribution is 0.401. The molecule has 1 rings (SSSR count). The summed E-state index contributed by atoms with van der Waals surface area (Å²) in [5, 5.41) is 6.49. The SMILES string of the molecule is CNC(C)c1csc(CN(C)C)n1. The minimum absolute atomic E-state index is 0.354. The van der Waals surface area contributed by atoms with Gasteiger partial charge in [0.05, 0.1) is 5.69 Å². The number of hydrogen-bond acceptors (Lipinski definition) is 4. The molecule has 0 aliphatic carbocycles. The Labute approximate surface area is 83.8 Å². The van der Waals surface area contributed by atoms with Crippen LogP contribution in [0, 0.1) is 0 Å². The Hall–Kier alpha value is -0.450. The monoisotopic (exact) mass is 199 g/mol. The van der Waals surface area contributed by atoms with Gasteiger partial charge in [0, 0.05) is 18.0 Å². The van der Waals surface area contributed by atoms with Gasteiger partial charge in [-0.05, 0) is 28.1 Å². The highest BCUT2D eigenvalue weighted by Crippen LogP contribution is 2.16. The molecular weight excluding hydrogens is 182 g/mol. The van der Waals surface area contributed by atoms with Crippen LogP contribution >= 0.6 is 11.3 Å². The summed E-state index contributed by atoms with van der Waals surface area (Å²) in [6, 6.07) is 0.354. The van der Waals surface area contributed by atoms with Crippen molar-refractivity contribution in [2.75, 3.05) is 21.1 Å². The van der Waals surface area contributed by atoms with E-state index in [4.69, 9.17) is 0 Å². The Morgan fingerprint density at radius 2 is 2.31 bits per heavy atom. The van der Waals surface area contributed by atoms with Crippen molar-refractivity contribution in [1.29, 1.82) is 0 Å². The molecule has 4 heteroatoms. The predicted octanol–water partition coefficient (Wildman–Crippen LogP) is 1.49. The van der Waals surface area contributed by atoms with Crippen molar-refractivity contribution in [3.8, 4) is 0 Å². The smallest absolute Gasteiger partial charge is 0.107 e. The van der Waals surface area contributed by atoms with Gasteiger partial charge in [-0.15, -0.1) is 11.3 Å². The van der Waals surface area contributed by atoms with E-state index < -0.39 is 0 Å². The second-order valence-electron chi connectivity index (χ2n) is 3.41. The maximum absolute atomic E-state index is 4.54. The van der Waals surface area contributed by atoms with E-state index in [0.717, 1.165) is 12.2 Å². The van der Waals surface area contributed by atoms with Crippen LogP contribution in [-0.4, -0.2) is 31.0 Å². The highest BCUT2D eigenvalue weighted by molar-refractivity contribution is 7.09. The molecule has 0 aliphatic heterocycles. The Bertz CT molecular complexity index is 257. The van der Waals surface area contributed by atoms with Gasteiger partial charge >= 0.3 is 0 Å². The average molecular weight is 199 g/mol. The van der Waals surface area contributed by atoms with Crippen LogP contribution in [0.3, 0.4) is 0 Å². The zero-order chi connectivity index (χ0) is 9.84. The Morgan fingerprint density at radius 1 is 1.62 bits per heavy atom. The van der Waals surface area contributed by atoms with Crippen LogP contribution in [-0.2, 0) is 6.54 Å². The lowest BCUT2D eigenvalue weighted by Gasteiger charge is -2.07. The summed E-state index contributed by atoms with van der Waals surface area (Å²) < 4.78 is 0. The molecule has 1 heterocycles. The van der Waals surface area contributed by atoms with Crippen LogP contribution in [0.5, 0.6) is 0 Å². The maximum Gasteiger partial charge on any atom is 0.107 e. The van der Waals surface area contributed by atoms with Gasteiger partial charge in [0.15, 0.2) is 0 Å². The summed E-state index contributed by atoms with van der Waals surface area (Å²) in [6.45, 7) is 3.05. The van der Waals surface area contributed by atoms with Gasteiger partial charge in [0.25, 0.3) is 0 Å². The maximum atomic E-state index is 4.54. The molecule has 0 saturated carbocycles. The summed E-state index contributed by atoms with van der Waals surface area (Å²) in [5.74, 6) is 0. The van der Waals surface area contributed by atoms with E-state index in [1.165, 1.54) is 5.01 Å². The third-order valence-corrected chi connectivity index (χ3v) is 2.75. The van der Waals surface area contributed by atoms with Gasteiger partial charge in [-0.25, -0.2) is 4.98 Å². The summed E-state index contributed by atoms with van der Waals surface area (Å²) in [6.07, 6.45) is 0. The van der Waals surface area contributed by atoms with E-state index >= 15 is 0 Å². The van der Waals surface area contributed by atoms with E-state index in [2.05, 4.69) is 41.6 Å². The largest absolute Gasteiger partial charge is 0.312 e. The van der Waals surface area contributed by atoms with Gasteiger partial charge in [-0.1, -0.05) is 0 Å². The van der Waals surface area contributed by atoms with Crippen molar-refractivity contribution < 1.29 is 0 Å². The molecule has 0 bridgehead atoms. The van der Waals surface area contributed by atoms with Crippen LogP contribution in [0.25, 0.3) is 0 Å². The zero-order valence-electron chi connectivity index (χ0n) is 8.66. The molecule has 1 aromatic rings. The van der Waals surface area contributed by atoms with E-state index in [-0.39, 0.29) is 0 Å². The van der Waals surface area contributed by atoms with Crippen LogP contribution in [0.15, 0.2) is 5.38 Å². The molecule has 13 heavy (non-hydrogen) atoms. The molecule has 0 aliphatic rings. The Kier molecular flexibility index (Phi) is 3.84. The molecule has 0 saturated heterocycles. The fourth-order valence-electron chi connectivity index (χ4n) is 1.02. The molecule has 1 N–H and O–H groups in total. The van der Waals surface area contributed by atoms with Gasteiger partial charge in [0.2, 0.25) is 0 Å². The summed E-state index contributed by atoms with van der Waals surface area (Å²) >= 11 is 1.73. The lowest BCUT2D eigenvalue weighted by Crippen LogP contribution is -2.14. The van der Waals surface area contributed by atoms with Crippen molar-refractivity contribution in [3.63, 3.8) is 0 Å². The zero-order valence-corrected chi connectivity index (χ0v) is 9.48. The first kappa shape index (κ1) is 10.6. The fourth-order valence-corrected chi connectivity index (χ4v) is 2.02. The molecule has 1 atom stereocenters. The highest BCUT2D eigenvalue weighted by atomic mass is 32.1. The highest BCUT2D eigenvalue weighted by Gasteiger charge is 2.07. The van der Waals surface area contributed by atoms with Crippen molar-refractivity contribution in [1.82, 2.24) is 15.2 Å². The van der Waals surface area contributed by atoms with Gasteiger partial charge < -0.3 is 10.2 Å². The van der Waals surface area contributed by atoms with Crippen molar-refractivity contribution in [2.24, 2.45) is 0 Å². The first-order chi connectivity index (χ1) is 6.13. The molecular formula is C9H17N3S. The fraction of sp³-hybridized carbons (Fsp3) is 0.667. The third-order valence-electron chi connectivity index (χ3n) is 1.90. The van der Waals surface area contributed by atoms with Crippen molar-refractivity contribution in [2.45, 2.75) is 19.5 Å². The number of rotatable bonds is 4. The van der Waals surface area contributed by atoms with E-state index in [1.807, 2.05) is 7.05 Å². The van der Waals surface area contributed by atoms with Crippen LogP contribution < -0.4 is 5.32 Å². The van der Waals surface area contributed by atoms with Crippen molar-refractivity contribution >= 4 is 11.3 Å². The van der Waals surface area contributed by atoms with E-state index in [1.54, 1.807) is 11.3 Å². The van der Waals surface area contributed by atoms with Gasteiger partial charge in [-0.3, -0.25) is 0 Å². The molecule has 0 amide bonds. The lowest BCUT2D eigenvalue weighted by atomic mass is 10.3. The van der Waals surface area contributed by atoms with Crippen molar-refractivity contribution in [3.05, 3.63) is 16.1 Å². The average Bonchev–Trinajstić information content (AvgIpc) is 2.50. The molecule has 1 unspecified atom stereocenters. The summed E-state index contributed by atoms with van der Waals surface area (Å²) in [5.41, 5.74) is 1.14. The van der Waals surface area contributed by atoms with Crippen LogP contribution in [0.2, 0.25) is 0 Å². The second kappa shape index (κ2) is 4.69. The topological polar surface area (TPSA) is 28.2 Å². The molecule has 1 aromatic heterocycles. The standard InChI is InChI=1S/C9H17N3S/c1-7(10-2)8-6-13-9(11-8)5-12(3)4/h6-7,10H,5H2,1-4H3. The van der Waals surface area contributed by atoms with E-state index in [0.29, 0.717) is 6.04 Å². The minimum Gasteiger partial charge on any atom is -0.312 e. The number of hydrogen-bond donors (Lipinski definition) is 1. The quantitative estimate of drug-likeness (QED) is 0.796. The molecule has 74 valence electrons. The molecule has 0 fully saturated rings. The first-order valence-electron chi connectivity index (χ1n) is 4.39. The summed E-state index contributed by atoms with van der Waals surface area (Å²) in [7, 11) is 6.07. The first-order valence-corrected chi connectivity index (χ1v) is 5.27. The Balaban J connectivity index is 2.63. The molecule has 0 spiro atoms. The molecule has 3 nitrogen and oxygen atoms in total. The van der Waals surface area contributed by atoms with Crippen LogP contribution in [0.4, 0.5) is 0 Å². The van der Waals surface area contributed by atoms with Gasteiger partial charge in [-0.2, -0.15) is 0 Å². The number of nitrogens with one attached hydrogen (secondary N) is 1. The molecule has 0 radical (unpaired) electrons. The normalized spacial score (nSPS) is 13.6. The van der Waals surface area contributed by atoms with Gasteiger partial charge in [0.1, 0.15) is 5.01 Å².